The SMILES string of the molecule is C=Nc1cccc(Nc2nc(Nc3cc4c(c(N5CCCC5)c3)CCN(C(=O)OC(C)(C)C)C4)ncc2C#N)n1. The molecule has 2 aliphatic heterocycles. The number of carbonyl (C=O) groups excluding carboxylic acids is 1. The molecule has 1 fully saturated rings. The van der Waals surface area contributed by atoms with Gasteiger partial charge in [-0.25, -0.2) is 19.8 Å². The van der Waals surface area contributed by atoms with Crippen molar-refractivity contribution in [3.63, 3.8) is 0 Å². The van der Waals surface area contributed by atoms with Crippen LogP contribution in [0.15, 0.2) is 41.5 Å². The minimum Gasteiger partial charge on any atom is -0.444 e. The Morgan fingerprint density at radius 1 is 1.15 bits per heavy atom. The van der Waals surface area contributed by atoms with Gasteiger partial charge >= 0.3 is 6.09 Å². The number of hydrogen-bond donors (Lipinski definition) is 2. The number of anilines is 5. The largest absolute Gasteiger partial charge is 0.444 e. The number of rotatable bonds is 6. The third-order valence-electron chi connectivity index (χ3n) is 6.72. The van der Waals surface area contributed by atoms with Gasteiger partial charge in [0.05, 0.1) is 6.20 Å². The van der Waals surface area contributed by atoms with Gasteiger partial charge in [-0.2, -0.15) is 10.2 Å². The van der Waals surface area contributed by atoms with Gasteiger partial charge in [0, 0.05) is 37.6 Å². The summed E-state index contributed by atoms with van der Waals surface area (Å²) in [5.41, 5.74) is 4.02. The Hall–Kier alpha value is -4.72. The molecule has 0 bridgehead atoms. The highest BCUT2D eigenvalue weighted by atomic mass is 16.6. The van der Waals surface area contributed by atoms with Crippen LogP contribution in [-0.4, -0.2) is 57.9 Å². The van der Waals surface area contributed by atoms with Crippen molar-refractivity contribution in [2.45, 2.75) is 52.2 Å². The molecule has 2 aliphatic rings. The van der Waals surface area contributed by atoms with E-state index in [9.17, 15) is 10.1 Å². The number of nitriles is 1. The van der Waals surface area contributed by atoms with Crippen LogP contribution in [0.1, 0.15) is 50.3 Å². The molecule has 0 spiro atoms. The maximum Gasteiger partial charge on any atom is 0.410 e. The van der Waals surface area contributed by atoms with Gasteiger partial charge in [-0.05, 0) is 82.1 Å². The molecule has 40 heavy (non-hydrogen) atoms. The van der Waals surface area contributed by atoms with Crippen molar-refractivity contribution in [2.75, 3.05) is 35.2 Å². The summed E-state index contributed by atoms with van der Waals surface area (Å²) in [5, 5.41) is 16.0. The molecule has 3 aromatic rings. The molecule has 1 aromatic carbocycles. The van der Waals surface area contributed by atoms with Crippen molar-refractivity contribution < 1.29 is 9.53 Å². The molecule has 0 aliphatic carbocycles. The van der Waals surface area contributed by atoms with Crippen LogP contribution in [0.3, 0.4) is 0 Å². The summed E-state index contributed by atoms with van der Waals surface area (Å²) in [6, 6.07) is 11.6. The first-order valence-electron chi connectivity index (χ1n) is 13.4. The van der Waals surface area contributed by atoms with E-state index in [4.69, 9.17) is 4.74 Å². The van der Waals surface area contributed by atoms with Gasteiger partial charge in [0.1, 0.15) is 23.1 Å². The number of aliphatic imine (C=N–C) groups is 1. The molecule has 4 heterocycles. The van der Waals surface area contributed by atoms with E-state index in [0.717, 1.165) is 43.6 Å². The van der Waals surface area contributed by atoms with Crippen molar-refractivity contribution in [3.05, 3.63) is 53.2 Å². The van der Waals surface area contributed by atoms with E-state index in [1.54, 1.807) is 23.1 Å². The Labute approximate surface area is 233 Å². The number of fused-ring (bicyclic) bond motifs is 1. The monoisotopic (exact) mass is 539 g/mol. The number of nitrogens with one attached hydrogen (secondary N) is 2. The molecule has 2 N–H and O–H groups in total. The van der Waals surface area contributed by atoms with Gasteiger partial charge in [-0.3, -0.25) is 0 Å². The van der Waals surface area contributed by atoms with E-state index in [2.05, 4.69) is 54.3 Å². The van der Waals surface area contributed by atoms with Crippen LogP contribution in [0.25, 0.3) is 0 Å². The lowest BCUT2D eigenvalue weighted by Gasteiger charge is -2.34. The molecule has 11 heteroatoms. The number of benzene rings is 1. The van der Waals surface area contributed by atoms with Crippen LogP contribution >= 0.6 is 0 Å². The number of carbonyl (C=O) groups is 1. The van der Waals surface area contributed by atoms with Gasteiger partial charge < -0.3 is 25.2 Å². The minimum atomic E-state index is -0.556. The van der Waals surface area contributed by atoms with Crippen molar-refractivity contribution in [3.8, 4) is 6.07 Å². The average Bonchev–Trinajstić information content (AvgIpc) is 3.47. The third-order valence-corrected chi connectivity index (χ3v) is 6.72. The molecule has 2 aromatic heterocycles. The number of hydrogen-bond acceptors (Lipinski definition) is 10. The number of pyridine rings is 1. The average molecular weight is 540 g/mol. The summed E-state index contributed by atoms with van der Waals surface area (Å²) < 4.78 is 5.64. The van der Waals surface area contributed by atoms with Crippen molar-refractivity contribution in [2.24, 2.45) is 4.99 Å². The summed E-state index contributed by atoms with van der Waals surface area (Å²) in [6.45, 7) is 12.2. The van der Waals surface area contributed by atoms with E-state index in [1.807, 2.05) is 26.8 Å². The van der Waals surface area contributed by atoms with E-state index < -0.39 is 5.60 Å². The molecule has 0 saturated carbocycles. The molecule has 0 atom stereocenters. The zero-order valence-electron chi connectivity index (χ0n) is 23.1. The first-order chi connectivity index (χ1) is 19.2. The van der Waals surface area contributed by atoms with Crippen LogP contribution in [-0.2, 0) is 17.7 Å². The smallest absolute Gasteiger partial charge is 0.410 e. The normalized spacial score (nSPS) is 14.8. The Balaban J connectivity index is 1.44. The molecule has 1 amide bonds. The first kappa shape index (κ1) is 26.9. The number of amides is 1. The Kier molecular flexibility index (Phi) is 7.51. The maximum atomic E-state index is 12.8. The lowest BCUT2D eigenvalue weighted by atomic mass is 9.96. The third kappa shape index (κ3) is 6.12. The highest BCUT2D eigenvalue weighted by molar-refractivity contribution is 5.73. The number of aromatic nitrogens is 3. The molecule has 0 unspecified atom stereocenters. The van der Waals surface area contributed by atoms with E-state index in [-0.39, 0.29) is 11.7 Å². The highest BCUT2D eigenvalue weighted by Gasteiger charge is 2.29. The van der Waals surface area contributed by atoms with Gasteiger partial charge in [0.2, 0.25) is 5.95 Å². The second-order valence-corrected chi connectivity index (χ2v) is 10.8. The molecular weight excluding hydrogens is 506 g/mol. The Morgan fingerprint density at radius 2 is 1.95 bits per heavy atom. The molecular formula is C29H33N9O2. The number of nitrogens with zero attached hydrogens (tertiary/aromatic N) is 7. The van der Waals surface area contributed by atoms with Crippen LogP contribution in [0.5, 0.6) is 0 Å². The second-order valence-electron chi connectivity index (χ2n) is 10.8. The van der Waals surface area contributed by atoms with E-state index >= 15 is 0 Å². The maximum absolute atomic E-state index is 12.8. The first-order valence-corrected chi connectivity index (χ1v) is 13.4. The molecule has 5 rings (SSSR count). The van der Waals surface area contributed by atoms with Gasteiger partial charge in [-0.15, -0.1) is 0 Å². The standard InChI is InChI=1S/C29H33N9O2/c1-29(2,3)40-28(39)38-13-10-22-19(18-38)14-21(15-23(22)37-11-5-6-12-37)33-27-32-17-20(16-30)26(36-27)35-25-9-7-8-24(31-4)34-25/h7-9,14-15,17H,4-6,10-13,18H2,1-3H3,(H2,32,33,34,35,36). The van der Waals surface area contributed by atoms with Crippen molar-refractivity contribution >= 4 is 47.6 Å². The summed E-state index contributed by atoms with van der Waals surface area (Å²) >= 11 is 0. The summed E-state index contributed by atoms with van der Waals surface area (Å²) in [6.07, 6.45) is 4.22. The lowest BCUT2D eigenvalue weighted by Crippen LogP contribution is -2.40. The van der Waals surface area contributed by atoms with Crippen LogP contribution in [0.4, 0.5) is 39.6 Å². The fraction of sp³-hybridized carbons (Fsp3) is 0.379. The zero-order chi connectivity index (χ0) is 28.3. The Morgan fingerprint density at radius 3 is 2.67 bits per heavy atom. The number of ether oxygens (including phenoxy) is 1. The van der Waals surface area contributed by atoms with Crippen molar-refractivity contribution in [1.82, 2.24) is 19.9 Å². The quantitative estimate of drug-likeness (QED) is 0.392. The minimum absolute atomic E-state index is 0.278. The van der Waals surface area contributed by atoms with E-state index in [1.165, 1.54) is 17.4 Å². The fourth-order valence-corrected chi connectivity index (χ4v) is 4.92. The lowest BCUT2D eigenvalue weighted by molar-refractivity contribution is 0.0224. The van der Waals surface area contributed by atoms with Crippen LogP contribution < -0.4 is 15.5 Å². The summed E-state index contributed by atoms with van der Waals surface area (Å²) in [7, 11) is 0. The van der Waals surface area contributed by atoms with Crippen molar-refractivity contribution in [1.29, 1.82) is 5.26 Å². The predicted molar refractivity (Wildman–Crippen MR) is 155 cm³/mol. The zero-order valence-corrected chi connectivity index (χ0v) is 23.1. The molecule has 11 nitrogen and oxygen atoms in total. The Bertz CT molecular complexity index is 1470. The highest BCUT2D eigenvalue weighted by Crippen LogP contribution is 2.35. The summed E-state index contributed by atoms with van der Waals surface area (Å²) in [4.78, 5) is 34.1. The van der Waals surface area contributed by atoms with Crippen LogP contribution in [0, 0.1) is 11.3 Å². The van der Waals surface area contributed by atoms with Gasteiger partial charge in [0.25, 0.3) is 0 Å². The van der Waals surface area contributed by atoms with Gasteiger partial charge in [0.15, 0.2) is 11.6 Å². The molecule has 1 saturated heterocycles. The molecule has 0 radical (unpaired) electrons. The fourth-order valence-electron chi connectivity index (χ4n) is 4.92. The van der Waals surface area contributed by atoms with Gasteiger partial charge in [-0.1, -0.05) is 6.07 Å². The topological polar surface area (TPSA) is 132 Å². The second kappa shape index (κ2) is 11.2. The van der Waals surface area contributed by atoms with Crippen LogP contribution in [0.2, 0.25) is 0 Å². The van der Waals surface area contributed by atoms with E-state index in [0.29, 0.717) is 36.5 Å². The predicted octanol–water partition coefficient (Wildman–Crippen LogP) is 5.46. The molecule has 206 valence electrons. The summed E-state index contributed by atoms with van der Waals surface area (Å²) in [5.74, 6) is 1.59.